The lowest BCUT2D eigenvalue weighted by Gasteiger charge is -2.38. The lowest BCUT2D eigenvalue weighted by Crippen LogP contribution is -2.47. The molecular weight excluding hydrogens is 319 g/mol. The van der Waals surface area contributed by atoms with Gasteiger partial charge in [0.1, 0.15) is 7.11 Å². The number of nitrogens with one attached hydrogen (secondary N) is 1. The van der Waals surface area contributed by atoms with Crippen LogP contribution in [-0.4, -0.2) is 24.9 Å². The Morgan fingerprint density at radius 2 is 2.14 bits per heavy atom. The van der Waals surface area contributed by atoms with Gasteiger partial charge in [0.15, 0.2) is 0 Å². The van der Waals surface area contributed by atoms with Crippen molar-refractivity contribution in [3.05, 3.63) is 33.8 Å². The highest BCUT2D eigenvalue weighted by atomic mass is 35.5. The van der Waals surface area contributed by atoms with Gasteiger partial charge in [-0.1, -0.05) is 41.3 Å². The summed E-state index contributed by atoms with van der Waals surface area (Å²) in [4.78, 5) is 5.09. The third-order valence-electron chi connectivity index (χ3n) is 5.01. The van der Waals surface area contributed by atoms with Crippen molar-refractivity contribution in [2.75, 3.05) is 7.11 Å². The third kappa shape index (κ3) is 2.99. The van der Waals surface area contributed by atoms with E-state index in [-0.39, 0.29) is 0 Å². The molecule has 0 amide bonds. The molecular formula is C17H22Cl2N2O. The SMILES string of the molecule is CCC(=NOC)[C@@H]1[C@@H]2CCC(C[C@@H]1c1ccc(Cl)c(Cl)c1)N2. The van der Waals surface area contributed by atoms with Crippen molar-refractivity contribution in [1.82, 2.24) is 5.32 Å². The largest absolute Gasteiger partial charge is 0.399 e. The van der Waals surface area contributed by atoms with E-state index in [1.807, 2.05) is 12.1 Å². The van der Waals surface area contributed by atoms with Gasteiger partial charge >= 0.3 is 0 Å². The molecule has 2 saturated heterocycles. The number of hydrogen-bond donors (Lipinski definition) is 1. The molecule has 0 aromatic heterocycles. The molecule has 2 aliphatic heterocycles. The second-order valence-corrected chi connectivity index (χ2v) is 7.02. The van der Waals surface area contributed by atoms with E-state index in [0.29, 0.717) is 34.0 Å². The molecule has 0 saturated carbocycles. The van der Waals surface area contributed by atoms with Crippen LogP contribution in [0.2, 0.25) is 10.0 Å². The van der Waals surface area contributed by atoms with Crippen LogP contribution in [0.15, 0.2) is 23.4 Å². The maximum Gasteiger partial charge on any atom is 0.106 e. The number of nitrogens with zero attached hydrogens (tertiary/aromatic N) is 1. The topological polar surface area (TPSA) is 33.6 Å². The molecule has 1 unspecified atom stereocenters. The Balaban J connectivity index is 1.98. The Bertz CT molecular complexity index is 576. The van der Waals surface area contributed by atoms with Crippen molar-refractivity contribution in [3.8, 4) is 0 Å². The zero-order valence-electron chi connectivity index (χ0n) is 13.0. The summed E-state index contributed by atoms with van der Waals surface area (Å²) in [5.74, 6) is 0.781. The zero-order chi connectivity index (χ0) is 15.7. The second kappa shape index (κ2) is 6.77. The van der Waals surface area contributed by atoms with Crippen molar-refractivity contribution in [2.45, 2.75) is 50.6 Å². The lowest BCUT2D eigenvalue weighted by molar-refractivity contribution is 0.204. The summed E-state index contributed by atoms with van der Waals surface area (Å²) in [6.07, 6.45) is 4.46. The summed E-state index contributed by atoms with van der Waals surface area (Å²) < 4.78 is 0. The van der Waals surface area contributed by atoms with E-state index in [2.05, 4.69) is 23.5 Å². The highest BCUT2D eigenvalue weighted by molar-refractivity contribution is 6.42. The van der Waals surface area contributed by atoms with Crippen molar-refractivity contribution in [1.29, 1.82) is 0 Å². The van der Waals surface area contributed by atoms with Gasteiger partial charge in [-0.3, -0.25) is 0 Å². The number of hydrogen-bond acceptors (Lipinski definition) is 3. The molecule has 1 aromatic rings. The van der Waals surface area contributed by atoms with Gasteiger partial charge in [-0.2, -0.15) is 0 Å². The average Bonchev–Trinajstić information content (AvgIpc) is 2.90. The molecule has 120 valence electrons. The maximum absolute atomic E-state index is 6.24. The van der Waals surface area contributed by atoms with Crippen LogP contribution in [0.4, 0.5) is 0 Å². The smallest absolute Gasteiger partial charge is 0.106 e. The van der Waals surface area contributed by atoms with E-state index in [1.165, 1.54) is 18.4 Å². The van der Waals surface area contributed by atoms with Gasteiger partial charge in [-0.05, 0) is 49.3 Å². The number of oxime groups is 1. The maximum atomic E-state index is 6.24. The van der Waals surface area contributed by atoms with E-state index in [9.17, 15) is 0 Å². The van der Waals surface area contributed by atoms with Gasteiger partial charge in [0.25, 0.3) is 0 Å². The molecule has 3 nitrogen and oxygen atoms in total. The van der Waals surface area contributed by atoms with Crippen LogP contribution < -0.4 is 5.32 Å². The highest BCUT2D eigenvalue weighted by Gasteiger charge is 2.44. The summed E-state index contributed by atoms with van der Waals surface area (Å²) in [5, 5.41) is 9.30. The molecule has 0 spiro atoms. The lowest BCUT2D eigenvalue weighted by atomic mass is 9.74. The average molecular weight is 341 g/mol. The summed E-state index contributed by atoms with van der Waals surface area (Å²) in [7, 11) is 1.62. The number of benzene rings is 1. The fraction of sp³-hybridized carbons (Fsp3) is 0.588. The third-order valence-corrected chi connectivity index (χ3v) is 5.75. The molecule has 4 atom stereocenters. The standard InChI is InChI=1S/C17H22Cl2N2O/c1-3-15(21-22-2)17-12(9-11-5-7-16(17)20-11)10-4-6-13(18)14(19)8-10/h4,6,8,11-12,16-17,20H,3,5,7,9H2,1-2H3/t11?,12-,16+,17-/m1/s1. The van der Waals surface area contributed by atoms with Gasteiger partial charge in [-0.25, -0.2) is 0 Å². The van der Waals surface area contributed by atoms with E-state index in [1.54, 1.807) is 7.11 Å². The van der Waals surface area contributed by atoms with Crippen LogP contribution >= 0.6 is 23.2 Å². The Hall–Kier alpha value is -0.770. The predicted octanol–water partition coefficient (Wildman–Crippen LogP) is 4.63. The van der Waals surface area contributed by atoms with Crippen LogP contribution in [0, 0.1) is 5.92 Å². The Morgan fingerprint density at radius 3 is 2.82 bits per heavy atom. The summed E-state index contributed by atoms with van der Waals surface area (Å²) in [6.45, 7) is 2.14. The van der Waals surface area contributed by atoms with Crippen LogP contribution in [-0.2, 0) is 4.84 Å². The minimum atomic E-state index is 0.362. The van der Waals surface area contributed by atoms with Crippen molar-refractivity contribution in [3.63, 3.8) is 0 Å². The minimum Gasteiger partial charge on any atom is -0.399 e. The first kappa shape index (κ1) is 16.1. The van der Waals surface area contributed by atoms with Crippen LogP contribution in [0.25, 0.3) is 0 Å². The van der Waals surface area contributed by atoms with Crippen molar-refractivity contribution >= 4 is 28.9 Å². The Labute approximate surface area is 142 Å². The highest BCUT2D eigenvalue weighted by Crippen LogP contribution is 2.44. The van der Waals surface area contributed by atoms with Gasteiger partial charge in [0, 0.05) is 18.0 Å². The quantitative estimate of drug-likeness (QED) is 0.640. The Kier molecular flexibility index (Phi) is 4.96. The number of halogens is 2. The molecule has 1 aromatic carbocycles. The zero-order valence-corrected chi connectivity index (χ0v) is 14.5. The molecule has 5 heteroatoms. The van der Waals surface area contributed by atoms with E-state index in [4.69, 9.17) is 28.0 Å². The van der Waals surface area contributed by atoms with Crippen LogP contribution in [0.5, 0.6) is 0 Å². The fourth-order valence-electron chi connectivity index (χ4n) is 4.08. The summed E-state index contributed by atoms with van der Waals surface area (Å²) in [6, 6.07) is 7.11. The number of piperidine rings is 1. The van der Waals surface area contributed by atoms with Gasteiger partial charge in [0.05, 0.1) is 15.8 Å². The van der Waals surface area contributed by atoms with E-state index < -0.39 is 0 Å². The molecule has 0 aliphatic carbocycles. The van der Waals surface area contributed by atoms with E-state index in [0.717, 1.165) is 18.6 Å². The molecule has 2 aliphatic rings. The molecule has 2 heterocycles. The monoisotopic (exact) mass is 340 g/mol. The second-order valence-electron chi connectivity index (χ2n) is 6.21. The first-order valence-electron chi connectivity index (χ1n) is 7.95. The number of rotatable bonds is 4. The molecule has 22 heavy (non-hydrogen) atoms. The molecule has 2 bridgehead atoms. The first-order valence-corrected chi connectivity index (χ1v) is 8.70. The van der Waals surface area contributed by atoms with Gasteiger partial charge < -0.3 is 10.2 Å². The molecule has 3 rings (SSSR count). The number of fused-ring (bicyclic) bond motifs is 2. The minimum absolute atomic E-state index is 0.362. The fourth-order valence-corrected chi connectivity index (χ4v) is 4.39. The first-order chi connectivity index (χ1) is 10.6. The van der Waals surface area contributed by atoms with Crippen LogP contribution in [0.1, 0.15) is 44.1 Å². The van der Waals surface area contributed by atoms with Crippen molar-refractivity contribution in [2.24, 2.45) is 11.1 Å². The molecule has 1 N–H and O–H groups in total. The Morgan fingerprint density at radius 1 is 1.32 bits per heavy atom. The van der Waals surface area contributed by atoms with Gasteiger partial charge in [0.2, 0.25) is 0 Å². The summed E-state index contributed by atoms with van der Waals surface area (Å²) in [5.41, 5.74) is 2.39. The van der Waals surface area contributed by atoms with Crippen molar-refractivity contribution < 1.29 is 4.84 Å². The predicted molar refractivity (Wildman–Crippen MR) is 92.0 cm³/mol. The summed E-state index contributed by atoms with van der Waals surface area (Å²) >= 11 is 12.3. The molecule has 0 radical (unpaired) electrons. The normalized spacial score (nSPS) is 31.4. The van der Waals surface area contributed by atoms with Crippen LogP contribution in [0.3, 0.4) is 0 Å². The van der Waals surface area contributed by atoms with Gasteiger partial charge in [-0.15, -0.1) is 0 Å². The molecule has 2 fully saturated rings. The van der Waals surface area contributed by atoms with E-state index >= 15 is 0 Å².